The van der Waals surface area contributed by atoms with E-state index in [1.165, 1.54) is 16.7 Å². The fourth-order valence-electron chi connectivity index (χ4n) is 2.86. The highest BCUT2D eigenvalue weighted by molar-refractivity contribution is 5.30. The van der Waals surface area contributed by atoms with E-state index in [0.717, 1.165) is 13.0 Å². The second-order valence-electron chi connectivity index (χ2n) is 6.14. The second kappa shape index (κ2) is 5.02. The van der Waals surface area contributed by atoms with E-state index in [1.54, 1.807) is 0 Å². The van der Waals surface area contributed by atoms with Crippen LogP contribution in [-0.4, -0.2) is 19.3 Å². The topological polar surface area (TPSA) is 21.3 Å². The Morgan fingerprint density at radius 3 is 2.67 bits per heavy atom. The SMILES string of the molecule is COC1CC(NCc2cc(C)ccc2C)C1(C)C. The van der Waals surface area contributed by atoms with E-state index in [4.69, 9.17) is 4.74 Å². The van der Waals surface area contributed by atoms with Gasteiger partial charge in [0.25, 0.3) is 0 Å². The molecule has 0 amide bonds. The zero-order valence-electron chi connectivity index (χ0n) is 12.2. The number of rotatable bonds is 4. The number of benzene rings is 1. The third kappa shape index (κ3) is 2.45. The first-order valence-corrected chi connectivity index (χ1v) is 6.77. The summed E-state index contributed by atoms with van der Waals surface area (Å²) in [6.07, 6.45) is 1.52. The Hall–Kier alpha value is -0.860. The molecule has 0 spiro atoms. The molecule has 2 heteroatoms. The summed E-state index contributed by atoms with van der Waals surface area (Å²) < 4.78 is 5.49. The van der Waals surface area contributed by atoms with E-state index < -0.39 is 0 Å². The minimum Gasteiger partial charge on any atom is -0.381 e. The summed E-state index contributed by atoms with van der Waals surface area (Å²) in [6.45, 7) is 9.85. The molecule has 2 atom stereocenters. The van der Waals surface area contributed by atoms with E-state index in [9.17, 15) is 0 Å². The van der Waals surface area contributed by atoms with E-state index in [-0.39, 0.29) is 5.41 Å². The zero-order chi connectivity index (χ0) is 13.3. The Morgan fingerprint density at radius 2 is 2.06 bits per heavy atom. The molecule has 0 saturated heterocycles. The molecule has 1 aromatic rings. The Kier molecular flexibility index (Phi) is 3.79. The second-order valence-corrected chi connectivity index (χ2v) is 6.14. The first-order valence-electron chi connectivity index (χ1n) is 6.77. The minimum atomic E-state index is 0.243. The van der Waals surface area contributed by atoms with Crippen LogP contribution in [0.5, 0.6) is 0 Å². The van der Waals surface area contributed by atoms with Crippen molar-refractivity contribution in [2.75, 3.05) is 7.11 Å². The highest BCUT2D eigenvalue weighted by atomic mass is 16.5. The van der Waals surface area contributed by atoms with Crippen LogP contribution in [0, 0.1) is 19.3 Å². The molecule has 2 nitrogen and oxygen atoms in total. The zero-order valence-corrected chi connectivity index (χ0v) is 12.2. The first-order chi connectivity index (χ1) is 8.45. The van der Waals surface area contributed by atoms with Crippen LogP contribution in [0.3, 0.4) is 0 Å². The Bertz CT molecular complexity index is 425. The van der Waals surface area contributed by atoms with E-state index >= 15 is 0 Å². The minimum absolute atomic E-state index is 0.243. The van der Waals surface area contributed by atoms with Gasteiger partial charge >= 0.3 is 0 Å². The molecule has 1 aliphatic carbocycles. The van der Waals surface area contributed by atoms with Gasteiger partial charge in [0, 0.05) is 25.1 Å². The van der Waals surface area contributed by atoms with Gasteiger partial charge in [-0.15, -0.1) is 0 Å². The molecule has 18 heavy (non-hydrogen) atoms. The van der Waals surface area contributed by atoms with E-state index in [2.05, 4.69) is 51.2 Å². The van der Waals surface area contributed by atoms with Crippen molar-refractivity contribution in [3.8, 4) is 0 Å². The van der Waals surface area contributed by atoms with Crippen LogP contribution in [0.25, 0.3) is 0 Å². The Balaban J connectivity index is 1.95. The smallest absolute Gasteiger partial charge is 0.0652 e. The van der Waals surface area contributed by atoms with Crippen LogP contribution in [0.15, 0.2) is 18.2 Å². The normalized spacial score (nSPS) is 25.8. The van der Waals surface area contributed by atoms with Crippen LogP contribution >= 0.6 is 0 Å². The predicted octanol–water partition coefficient (Wildman–Crippen LogP) is 3.21. The van der Waals surface area contributed by atoms with Gasteiger partial charge in [-0.2, -0.15) is 0 Å². The lowest BCUT2D eigenvalue weighted by Crippen LogP contribution is -2.60. The Morgan fingerprint density at radius 1 is 1.33 bits per heavy atom. The molecule has 1 fully saturated rings. The third-order valence-electron chi connectivity index (χ3n) is 4.51. The number of methoxy groups -OCH3 is 1. The maximum atomic E-state index is 5.49. The molecule has 2 rings (SSSR count). The molecule has 0 aromatic heterocycles. The van der Waals surface area contributed by atoms with Crippen LogP contribution in [0.2, 0.25) is 0 Å². The number of nitrogens with one attached hydrogen (secondary N) is 1. The quantitative estimate of drug-likeness (QED) is 0.882. The van der Waals surface area contributed by atoms with E-state index in [1.807, 2.05) is 7.11 Å². The fraction of sp³-hybridized carbons (Fsp3) is 0.625. The van der Waals surface area contributed by atoms with Crippen molar-refractivity contribution in [1.82, 2.24) is 5.32 Å². The lowest BCUT2D eigenvalue weighted by Gasteiger charge is -2.51. The van der Waals surface area contributed by atoms with Crippen molar-refractivity contribution >= 4 is 0 Å². The maximum absolute atomic E-state index is 5.49. The standard InChI is InChI=1S/C16H25NO/c1-11-6-7-12(2)13(8-11)10-17-14-9-15(18-5)16(14,3)4/h6-8,14-15,17H,9-10H2,1-5H3. The molecule has 0 aliphatic heterocycles. The summed E-state index contributed by atoms with van der Waals surface area (Å²) in [4.78, 5) is 0. The molecule has 1 saturated carbocycles. The van der Waals surface area contributed by atoms with Crippen molar-refractivity contribution in [1.29, 1.82) is 0 Å². The summed E-state index contributed by atoms with van der Waals surface area (Å²) >= 11 is 0. The maximum Gasteiger partial charge on any atom is 0.0652 e. The van der Waals surface area contributed by atoms with Crippen LogP contribution in [-0.2, 0) is 11.3 Å². The van der Waals surface area contributed by atoms with Gasteiger partial charge in [0.15, 0.2) is 0 Å². The summed E-state index contributed by atoms with van der Waals surface area (Å²) in [5.41, 5.74) is 4.35. The van der Waals surface area contributed by atoms with Gasteiger partial charge in [-0.05, 0) is 31.4 Å². The van der Waals surface area contributed by atoms with Crippen molar-refractivity contribution in [2.45, 2.75) is 52.8 Å². The van der Waals surface area contributed by atoms with Crippen molar-refractivity contribution in [3.63, 3.8) is 0 Å². The summed E-state index contributed by atoms with van der Waals surface area (Å²) in [5, 5.41) is 3.68. The molecule has 1 aromatic carbocycles. The predicted molar refractivity (Wildman–Crippen MR) is 75.7 cm³/mol. The van der Waals surface area contributed by atoms with Gasteiger partial charge in [0.1, 0.15) is 0 Å². The monoisotopic (exact) mass is 247 g/mol. The number of ether oxygens (including phenoxy) is 1. The molecule has 0 bridgehead atoms. The van der Waals surface area contributed by atoms with Gasteiger partial charge in [0.05, 0.1) is 6.10 Å². The molecule has 0 heterocycles. The lowest BCUT2D eigenvalue weighted by atomic mass is 9.64. The number of hydrogen-bond acceptors (Lipinski definition) is 2. The number of aryl methyl sites for hydroxylation is 2. The lowest BCUT2D eigenvalue weighted by molar-refractivity contribution is -0.0979. The molecule has 1 N–H and O–H groups in total. The van der Waals surface area contributed by atoms with Crippen molar-refractivity contribution in [3.05, 3.63) is 34.9 Å². The first kappa shape index (κ1) is 13.6. The third-order valence-corrected chi connectivity index (χ3v) is 4.51. The van der Waals surface area contributed by atoms with Gasteiger partial charge in [-0.25, -0.2) is 0 Å². The number of hydrogen-bond donors (Lipinski definition) is 1. The average Bonchev–Trinajstić information content (AvgIpc) is 2.32. The molecular weight excluding hydrogens is 222 g/mol. The van der Waals surface area contributed by atoms with Crippen LogP contribution in [0.4, 0.5) is 0 Å². The van der Waals surface area contributed by atoms with E-state index in [0.29, 0.717) is 12.1 Å². The largest absolute Gasteiger partial charge is 0.381 e. The van der Waals surface area contributed by atoms with Gasteiger partial charge < -0.3 is 10.1 Å². The molecular formula is C16H25NO. The average molecular weight is 247 g/mol. The molecule has 2 unspecified atom stereocenters. The van der Waals surface area contributed by atoms with Gasteiger partial charge in [0.2, 0.25) is 0 Å². The molecule has 0 radical (unpaired) electrons. The highest BCUT2D eigenvalue weighted by Gasteiger charge is 2.48. The summed E-state index contributed by atoms with van der Waals surface area (Å²) in [7, 11) is 1.81. The molecule has 1 aliphatic rings. The highest BCUT2D eigenvalue weighted by Crippen LogP contribution is 2.42. The van der Waals surface area contributed by atoms with Crippen LogP contribution in [0.1, 0.15) is 37.0 Å². The summed E-state index contributed by atoms with van der Waals surface area (Å²) in [6, 6.07) is 7.22. The van der Waals surface area contributed by atoms with Crippen molar-refractivity contribution < 1.29 is 4.74 Å². The van der Waals surface area contributed by atoms with Crippen molar-refractivity contribution in [2.24, 2.45) is 5.41 Å². The summed E-state index contributed by atoms with van der Waals surface area (Å²) in [5.74, 6) is 0. The van der Waals surface area contributed by atoms with Crippen LogP contribution < -0.4 is 5.32 Å². The fourth-order valence-corrected chi connectivity index (χ4v) is 2.86. The van der Waals surface area contributed by atoms with Gasteiger partial charge in [-0.3, -0.25) is 0 Å². The Labute approximate surface area is 111 Å². The van der Waals surface area contributed by atoms with Gasteiger partial charge in [-0.1, -0.05) is 37.6 Å². The molecule has 100 valence electrons.